The average Bonchev–Trinajstić information content (AvgIpc) is 3.30. The third kappa shape index (κ3) is 6.77. The molecule has 1 atom stereocenters. The minimum Gasteiger partial charge on any atom is -0.468 e. The molecule has 0 amide bonds. The van der Waals surface area contributed by atoms with E-state index in [2.05, 4.69) is 49.8 Å². The molecule has 1 aliphatic rings. The Hall–Kier alpha value is -2.97. The molecular formula is C22H28F3N5O. The van der Waals surface area contributed by atoms with Crippen molar-refractivity contribution in [1.29, 1.82) is 0 Å². The van der Waals surface area contributed by atoms with Gasteiger partial charge >= 0.3 is 6.18 Å². The van der Waals surface area contributed by atoms with Crippen LogP contribution in [-0.2, 0) is 6.54 Å². The van der Waals surface area contributed by atoms with Crippen LogP contribution in [0.1, 0.15) is 36.9 Å². The van der Waals surface area contributed by atoms with Crippen molar-refractivity contribution >= 4 is 11.6 Å². The van der Waals surface area contributed by atoms with Crippen LogP contribution < -0.4 is 20.3 Å². The molecule has 168 valence electrons. The van der Waals surface area contributed by atoms with Gasteiger partial charge in [0.05, 0.1) is 6.04 Å². The van der Waals surface area contributed by atoms with Crippen LogP contribution in [0.5, 0.6) is 5.88 Å². The third-order valence-electron chi connectivity index (χ3n) is 5.09. The van der Waals surface area contributed by atoms with E-state index in [1.165, 1.54) is 24.7 Å². The lowest BCUT2D eigenvalue weighted by atomic mass is 10.1. The number of alkyl halides is 3. The maximum absolute atomic E-state index is 12.5. The SMILES string of the molecule is CN=C(NCc1cccnc1OCC(F)(F)F)NC(C)c1cccc(N2CCCC2)c1. The highest BCUT2D eigenvalue weighted by atomic mass is 19.4. The van der Waals surface area contributed by atoms with E-state index in [1.807, 2.05) is 6.92 Å². The van der Waals surface area contributed by atoms with Gasteiger partial charge in [0.15, 0.2) is 12.6 Å². The van der Waals surface area contributed by atoms with E-state index in [4.69, 9.17) is 4.74 Å². The number of guanidine groups is 1. The van der Waals surface area contributed by atoms with Gasteiger partial charge in [-0.3, -0.25) is 4.99 Å². The minimum absolute atomic E-state index is 0.0106. The fourth-order valence-corrected chi connectivity index (χ4v) is 3.47. The second-order valence-corrected chi connectivity index (χ2v) is 7.45. The Labute approximate surface area is 180 Å². The lowest BCUT2D eigenvalue weighted by molar-refractivity contribution is -0.154. The summed E-state index contributed by atoms with van der Waals surface area (Å²) in [6.07, 6.45) is -0.578. The summed E-state index contributed by atoms with van der Waals surface area (Å²) in [7, 11) is 1.65. The van der Waals surface area contributed by atoms with Crippen molar-refractivity contribution in [2.24, 2.45) is 4.99 Å². The van der Waals surface area contributed by atoms with E-state index in [1.54, 1.807) is 19.2 Å². The summed E-state index contributed by atoms with van der Waals surface area (Å²) in [4.78, 5) is 10.5. The zero-order valence-corrected chi connectivity index (χ0v) is 17.7. The average molecular weight is 435 g/mol. The van der Waals surface area contributed by atoms with Gasteiger partial charge in [-0.2, -0.15) is 13.2 Å². The maximum atomic E-state index is 12.5. The lowest BCUT2D eigenvalue weighted by Crippen LogP contribution is -2.38. The number of nitrogens with zero attached hydrogens (tertiary/aromatic N) is 3. The van der Waals surface area contributed by atoms with E-state index < -0.39 is 12.8 Å². The van der Waals surface area contributed by atoms with Gasteiger partial charge in [0.1, 0.15) is 0 Å². The first kappa shape index (κ1) is 22.7. The number of benzene rings is 1. The Kier molecular flexibility index (Phi) is 7.59. The molecule has 1 aliphatic heterocycles. The number of nitrogens with one attached hydrogen (secondary N) is 2. The molecule has 1 aromatic carbocycles. The number of hydrogen-bond donors (Lipinski definition) is 2. The largest absolute Gasteiger partial charge is 0.468 e. The highest BCUT2D eigenvalue weighted by molar-refractivity contribution is 5.80. The van der Waals surface area contributed by atoms with Crippen molar-refractivity contribution in [2.75, 3.05) is 31.6 Å². The van der Waals surface area contributed by atoms with Crippen LogP contribution in [0.4, 0.5) is 18.9 Å². The summed E-state index contributed by atoms with van der Waals surface area (Å²) in [5.41, 5.74) is 2.86. The summed E-state index contributed by atoms with van der Waals surface area (Å²) < 4.78 is 42.3. The van der Waals surface area contributed by atoms with Crippen LogP contribution in [-0.4, -0.2) is 43.9 Å². The maximum Gasteiger partial charge on any atom is 0.422 e. The minimum atomic E-state index is -4.42. The molecule has 9 heteroatoms. The zero-order valence-electron chi connectivity index (χ0n) is 17.7. The van der Waals surface area contributed by atoms with Gasteiger partial charge in [-0.05, 0) is 43.5 Å². The normalized spacial score (nSPS) is 15.6. The van der Waals surface area contributed by atoms with Crippen molar-refractivity contribution in [1.82, 2.24) is 15.6 Å². The second-order valence-electron chi connectivity index (χ2n) is 7.45. The molecule has 6 nitrogen and oxygen atoms in total. The van der Waals surface area contributed by atoms with Crippen LogP contribution in [0.3, 0.4) is 0 Å². The van der Waals surface area contributed by atoms with E-state index in [0.29, 0.717) is 11.5 Å². The highest BCUT2D eigenvalue weighted by Gasteiger charge is 2.29. The molecule has 1 aromatic heterocycles. The van der Waals surface area contributed by atoms with Crippen LogP contribution in [0.2, 0.25) is 0 Å². The Balaban J connectivity index is 1.59. The van der Waals surface area contributed by atoms with E-state index in [-0.39, 0.29) is 18.5 Å². The van der Waals surface area contributed by atoms with E-state index >= 15 is 0 Å². The molecule has 0 bridgehead atoms. The summed E-state index contributed by atoms with van der Waals surface area (Å²) in [6, 6.07) is 11.7. The first-order valence-electron chi connectivity index (χ1n) is 10.3. The number of pyridine rings is 1. The standard InChI is InChI=1S/C22H28F3N5O/c1-16(17-7-5-9-19(13-17)30-11-3-4-12-30)29-21(26-2)28-14-18-8-6-10-27-20(18)31-15-22(23,24)25/h5-10,13,16H,3-4,11-12,14-15H2,1-2H3,(H2,26,28,29). The molecule has 2 N–H and O–H groups in total. The number of anilines is 1. The number of hydrogen-bond acceptors (Lipinski definition) is 4. The fourth-order valence-electron chi connectivity index (χ4n) is 3.47. The van der Waals surface area contributed by atoms with Crippen molar-refractivity contribution in [3.05, 3.63) is 53.7 Å². The molecule has 2 heterocycles. The van der Waals surface area contributed by atoms with Gasteiger partial charge < -0.3 is 20.3 Å². The summed E-state index contributed by atoms with van der Waals surface area (Å²) >= 11 is 0. The summed E-state index contributed by atoms with van der Waals surface area (Å²) in [6.45, 7) is 3.05. The second kappa shape index (κ2) is 10.4. The van der Waals surface area contributed by atoms with Gasteiger partial charge in [0.2, 0.25) is 5.88 Å². The third-order valence-corrected chi connectivity index (χ3v) is 5.09. The molecule has 0 saturated carbocycles. The van der Waals surface area contributed by atoms with Crippen molar-refractivity contribution in [3.8, 4) is 5.88 Å². The predicted molar refractivity (Wildman–Crippen MR) is 115 cm³/mol. The smallest absolute Gasteiger partial charge is 0.422 e. The van der Waals surface area contributed by atoms with Crippen LogP contribution in [0.15, 0.2) is 47.6 Å². The lowest BCUT2D eigenvalue weighted by Gasteiger charge is -2.22. The quantitative estimate of drug-likeness (QED) is 0.508. The number of halogens is 3. The first-order valence-corrected chi connectivity index (χ1v) is 10.3. The van der Waals surface area contributed by atoms with Crippen LogP contribution in [0.25, 0.3) is 0 Å². The van der Waals surface area contributed by atoms with Crippen molar-refractivity contribution < 1.29 is 17.9 Å². The van der Waals surface area contributed by atoms with Crippen LogP contribution in [0, 0.1) is 0 Å². The van der Waals surface area contributed by atoms with Crippen molar-refractivity contribution in [3.63, 3.8) is 0 Å². The monoisotopic (exact) mass is 435 g/mol. The molecule has 2 aromatic rings. The van der Waals surface area contributed by atoms with E-state index in [9.17, 15) is 13.2 Å². The number of ether oxygens (including phenoxy) is 1. The Morgan fingerprint density at radius 3 is 2.71 bits per heavy atom. The van der Waals surface area contributed by atoms with Crippen molar-refractivity contribution in [2.45, 2.75) is 38.5 Å². The number of aliphatic imine (C=N–C) groups is 1. The predicted octanol–water partition coefficient (Wildman–Crippen LogP) is 4.05. The first-order chi connectivity index (χ1) is 14.9. The number of aromatic nitrogens is 1. The van der Waals surface area contributed by atoms with Gasteiger partial charge in [-0.25, -0.2) is 4.98 Å². The molecule has 31 heavy (non-hydrogen) atoms. The molecule has 1 fully saturated rings. The molecule has 1 unspecified atom stereocenters. The molecule has 0 spiro atoms. The van der Waals surface area contributed by atoms with E-state index in [0.717, 1.165) is 18.7 Å². The Bertz CT molecular complexity index is 881. The van der Waals surface area contributed by atoms with Gasteiger partial charge in [-0.15, -0.1) is 0 Å². The summed E-state index contributed by atoms with van der Waals surface area (Å²) in [5, 5.41) is 6.45. The fraction of sp³-hybridized carbons (Fsp3) is 0.455. The Morgan fingerprint density at radius 2 is 2.00 bits per heavy atom. The topological polar surface area (TPSA) is 61.8 Å². The molecule has 3 rings (SSSR count). The number of rotatable bonds is 7. The molecular weight excluding hydrogens is 407 g/mol. The summed E-state index contributed by atoms with van der Waals surface area (Å²) in [5.74, 6) is 0.485. The van der Waals surface area contributed by atoms with Gasteiger partial charge in [0, 0.05) is 44.1 Å². The van der Waals surface area contributed by atoms with Gasteiger partial charge in [0.25, 0.3) is 0 Å². The zero-order chi connectivity index (χ0) is 22.3. The Morgan fingerprint density at radius 1 is 1.23 bits per heavy atom. The molecule has 0 aliphatic carbocycles. The highest BCUT2D eigenvalue weighted by Crippen LogP contribution is 2.24. The van der Waals surface area contributed by atoms with Gasteiger partial charge in [-0.1, -0.05) is 18.2 Å². The van der Waals surface area contributed by atoms with Crippen LogP contribution >= 0.6 is 0 Å². The molecule has 1 saturated heterocycles. The molecule has 0 radical (unpaired) electrons.